The first-order chi connectivity index (χ1) is 11.0. The van der Waals surface area contributed by atoms with Crippen molar-refractivity contribution in [2.45, 2.75) is 63.5 Å². The first kappa shape index (κ1) is 16.5. The molecule has 0 radical (unpaired) electrons. The lowest BCUT2D eigenvalue weighted by Gasteiger charge is -2.32. The topological polar surface area (TPSA) is 76.4 Å². The number of amides is 1. The zero-order chi connectivity index (χ0) is 16.4. The summed E-state index contributed by atoms with van der Waals surface area (Å²) in [5, 5.41) is 17.8. The van der Waals surface area contributed by atoms with Gasteiger partial charge in [0.25, 0.3) is 5.91 Å². The number of aromatic nitrogens is 2. The van der Waals surface area contributed by atoms with Crippen LogP contribution in [-0.4, -0.2) is 46.2 Å². The Bertz CT molecular complexity index is 559. The molecule has 0 unspecified atom stereocenters. The molecule has 1 saturated carbocycles. The molecule has 128 valence electrons. The molecule has 2 N–H and O–H groups in total. The average molecular weight is 321 g/mol. The second kappa shape index (κ2) is 6.61. The minimum absolute atomic E-state index is 0.124. The van der Waals surface area contributed by atoms with Gasteiger partial charge in [0, 0.05) is 44.6 Å². The number of carbonyl (C=O) groups excluding carboxylic acids is 1. The summed E-state index contributed by atoms with van der Waals surface area (Å²) in [5.41, 5.74) is 0.889. The van der Waals surface area contributed by atoms with Crippen LogP contribution in [0.1, 0.15) is 74.0 Å². The summed E-state index contributed by atoms with van der Waals surface area (Å²) in [5.74, 6) is 0.333. The molecule has 23 heavy (non-hydrogen) atoms. The number of hydrogen-bond donors (Lipinski definition) is 2. The molecule has 2 heterocycles. The number of nitrogens with one attached hydrogen (secondary N) is 1. The van der Waals surface area contributed by atoms with E-state index in [2.05, 4.69) is 24.3 Å². The summed E-state index contributed by atoms with van der Waals surface area (Å²) in [4.78, 5) is 12.6. The normalized spacial score (nSPS) is 21.9. The minimum atomic E-state index is -0.847. The molecular formula is C17H27N3O3. The molecule has 6 heteroatoms. The highest BCUT2D eigenvalue weighted by Crippen LogP contribution is 2.42. The Labute approximate surface area is 137 Å². The number of carbonyl (C=O) groups is 1. The van der Waals surface area contributed by atoms with E-state index in [1.165, 1.54) is 0 Å². The second-order valence-corrected chi connectivity index (χ2v) is 6.94. The lowest BCUT2D eigenvalue weighted by Crippen LogP contribution is -2.46. The Morgan fingerprint density at radius 2 is 2.22 bits per heavy atom. The Morgan fingerprint density at radius 3 is 2.83 bits per heavy atom. The van der Waals surface area contributed by atoms with Gasteiger partial charge in [0.15, 0.2) is 0 Å². The molecule has 2 aliphatic rings. The van der Waals surface area contributed by atoms with Crippen molar-refractivity contribution >= 4 is 5.91 Å². The van der Waals surface area contributed by atoms with E-state index < -0.39 is 5.60 Å². The standard InChI is InChI=1S/C17H27N3O3/c1-3-12(2)20-15(13-4-5-13)14(10-19-20)16(21)18-11-17(22)6-8-23-9-7-17/h10,12-13,22H,3-9,11H2,1-2H3,(H,18,21)/t12-/m0/s1. The van der Waals surface area contributed by atoms with Crippen LogP contribution in [0, 0.1) is 0 Å². The monoisotopic (exact) mass is 321 g/mol. The lowest BCUT2D eigenvalue weighted by molar-refractivity contribution is -0.0605. The Kier molecular flexibility index (Phi) is 4.73. The van der Waals surface area contributed by atoms with Crippen LogP contribution in [0.5, 0.6) is 0 Å². The van der Waals surface area contributed by atoms with E-state index in [0.717, 1.165) is 25.0 Å². The quantitative estimate of drug-likeness (QED) is 0.840. The predicted molar refractivity (Wildman–Crippen MR) is 86.5 cm³/mol. The summed E-state index contributed by atoms with van der Waals surface area (Å²) in [7, 11) is 0. The van der Waals surface area contributed by atoms with Crippen molar-refractivity contribution in [3.05, 3.63) is 17.5 Å². The Morgan fingerprint density at radius 1 is 1.52 bits per heavy atom. The van der Waals surface area contributed by atoms with Gasteiger partial charge >= 0.3 is 0 Å². The van der Waals surface area contributed by atoms with Gasteiger partial charge in [-0.25, -0.2) is 0 Å². The van der Waals surface area contributed by atoms with Gasteiger partial charge in [0.2, 0.25) is 0 Å². The van der Waals surface area contributed by atoms with Gasteiger partial charge in [-0.3, -0.25) is 9.48 Å². The maximum Gasteiger partial charge on any atom is 0.254 e. The highest BCUT2D eigenvalue weighted by atomic mass is 16.5. The van der Waals surface area contributed by atoms with Gasteiger partial charge in [-0.1, -0.05) is 6.92 Å². The number of rotatable bonds is 6. The first-order valence-corrected chi connectivity index (χ1v) is 8.70. The van der Waals surface area contributed by atoms with E-state index in [1.54, 1.807) is 6.20 Å². The summed E-state index contributed by atoms with van der Waals surface area (Å²) in [6.45, 7) is 5.62. The molecule has 1 aliphatic heterocycles. The number of ether oxygens (including phenoxy) is 1. The van der Waals surface area contributed by atoms with Crippen molar-refractivity contribution in [3.8, 4) is 0 Å². The third-order valence-corrected chi connectivity index (χ3v) is 5.05. The van der Waals surface area contributed by atoms with E-state index in [9.17, 15) is 9.90 Å². The maximum atomic E-state index is 12.6. The fourth-order valence-electron chi connectivity index (χ4n) is 3.10. The molecule has 3 rings (SSSR count). The maximum absolute atomic E-state index is 12.6. The van der Waals surface area contributed by atoms with Gasteiger partial charge in [-0.15, -0.1) is 0 Å². The van der Waals surface area contributed by atoms with Crippen LogP contribution in [0.3, 0.4) is 0 Å². The molecule has 0 bridgehead atoms. The zero-order valence-corrected chi connectivity index (χ0v) is 14.0. The third kappa shape index (κ3) is 3.58. The van der Waals surface area contributed by atoms with Crippen LogP contribution in [0.15, 0.2) is 6.20 Å². The zero-order valence-electron chi connectivity index (χ0n) is 14.0. The van der Waals surface area contributed by atoms with Crippen LogP contribution in [0.2, 0.25) is 0 Å². The minimum Gasteiger partial charge on any atom is -0.388 e. The predicted octanol–water partition coefficient (Wildman–Crippen LogP) is 2.00. The van der Waals surface area contributed by atoms with E-state index in [4.69, 9.17) is 4.74 Å². The van der Waals surface area contributed by atoms with Crippen LogP contribution >= 0.6 is 0 Å². The third-order valence-electron chi connectivity index (χ3n) is 5.05. The summed E-state index contributed by atoms with van der Waals surface area (Å²) in [6, 6.07) is 0.298. The van der Waals surface area contributed by atoms with E-state index >= 15 is 0 Å². The van der Waals surface area contributed by atoms with Crippen LogP contribution in [0.4, 0.5) is 0 Å². The molecule has 6 nitrogen and oxygen atoms in total. The van der Waals surface area contributed by atoms with Crippen molar-refractivity contribution < 1.29 is 14.6 Å². The van der Waals surface area contributed by atoms with E-state index in [1.807, 2.05) is 4.68 Å². The van der Waals surface area contributed by atoms with E-state index in [-0.39, 0.29) is 12.5 Å². The summed E-state index contributed by atoms with van der Waals surface area (Å²) in [6.07, 6.45) is 6.06. The smallest absolute Gasteiger partial charge is 0.254 e. The molecule has 1 amide bonds. The van der Waals surface area contributed by atoms with Crippen molar-refractivity contribution in [2.24, 2.45) is 0 Å². The van der Waals surface area contributed by atoms with Gasteiger partial charge in [-0.2, -0.15) is 5.10 Å². The fourth-order valence-corrected chi connectivity index (χ4v) is 3.10. The van der Waals surface area contributed by atoms with Crippen molar-refractivity contribution in [3.63, 3.8) is 0 Å². The summed E-state index contributed by atoms with van der Waals surface area (Å²) < 4.78 is 7.28. The van der Waals surface area contributed by atoms with Gasteiger partial charge in [0.1, 0.15) is 0 Å². The number of aliphatic hydroxyl groups is 1. The van der Waals surface area contributed by atoms with Gasteiger partial charge in [-0.05, 0) is 26.2 Å². The molecule has 0 aromatic carbocycles. The van der Waals surface area contributed by atoms with Crippen molar-refractivity contribution in [1.82, 2.24) is 15.1 Å². The van der Waals surface area contributed by atoms with Crippen LogP contribution in [-0.2, 0) is 4.74 Å². The average Bonchev–Trinajstić information content (AvgIpc) is 3.31. The second-order valence-electron chi connectivity index (χ2n) is 6.94. The molecule has 1 aliphatic carbocycles. The molecule has 2 fully saturated rings. The SMILES string of the molecule is CC[C@H](C)n1ncc(C(=O)NCC2(O)CCOCC2)c1C1CC1. The first-order valence-electron chi connectivity index (χ1n) is 8.70. The molecule has 0 spiro atoms. The number of hydrogen-bond acceptors (Lipinski definition) is 4. The number of nitrogens with zero attached hydrogens (tertiary/aromatic N) is 2. The van der Waals surface area contributed by atoms with Crippen LogP contribution < -0.4 is 5.32 Å². The van der Waals surface area contributed by atoms with E-state index in [0.29, 0.717) is 43.6 Å². The highest BCUT2D eigenvalue weighted by molar-refractivity contribution is 5.95. The lowest BCUT2D eigenvalue weighted by atomic mass is 9.94. The Balaban J connectivity index is 1.71. The Hall–Kier alpha value is -1.40. The van der Waals surface area contributed by atoms with Crippen molar-refractivity contribution in [2.75, 3.05) is 19.8 Å². The summed E-state index contributed by atoms with van der Waals surface area (Å²) >= 11 is 0. The fraction of sp³-hybridized carbons (Fsp3) is 0.765. The van der Waals surface area contributed by atoms with Gasteiger partial charge in [0.05, 0.1) is 23.1 Å². The highest BCUT2D eigenvalue weighted by Gasteiger charge is 2.35. The van der Waals surface area contributed by atoms with Crippen molar-refractivity contribution in [1.29, 1.82) is 0 Å². The van der Waals surface area contributed by atoms with Crippen LogP contribution in [0.25, 0.3) is 0 Å². The van der Waals surface area contributed by atoms with Gasteiger partial charge < -0.3 is 15.2 Å². The molecule has 1 aromatic heterocycles. The molecule has 1 aromatic rings. The molecule has 1 saturated heterocycles. The molecule has 1 atom stereocenters. The molecular weight excluding hydrogens is 294 g/mol. The largest absolute Gasteiger partial charge is 0.388 e.